The molecule has 0 unspecified atom stereocenters. The smallest absolute Gasteiger partial charge is 0.245 e. The van der Waals surface area contributed by atoms with E-state index in [0.29, 0.717) is 10.3 Å². The highest BCUT2D eigenvalue weighted by Gasteiger charge is 2.15. The number of nitrogens with one attached hydrogen (secondary N) is 1. The van der Waals surface area contributed by atoms with Gasteiger partial charge in [-0.2, -0.15) is 0 Å². The van der Waals surface area contributed by atoms with Gasteiger partial charge < -0.3 is 11.1 Å². The molecule has 0 saturated carbocycles. The summed E-state index contributed by atoms with van der Waals surface area (Å²) in [6.07, 6.45) is 1.57. The summed E-state index contributed by atoms with van der Waals surface area (Å²) < 4.78 is 0.716. The quantitative estimate of drug-likeness (QED) is 0.856. The molecule has 0 aliphatic rings. The SMILES string of the molecule is N[C@@H](C(=O)Nc1ccc(Br)nc1)c1ccccc1. The van der Waals surface area contributed by atoms with Gasteiger partial charge in [-0.3, -0.25) is 4.79 Å². The van der Waals surface area contributed by atoms with Crippen molar-refractivity contribution in [2.24, 2.45) is 5.73 Å². The Balaban J connectivity index is 2.06. The average molecular weight is 306 g/mol. The number of benzene rings is 1. The van der Waals surface area contributed by atoms with Crippen molar-refractivity contribution in [1.82, 2.24) is 4.98 Å². The molecule has 4 nitrogen and oxygen atoms in total. The van der Waals surface area contributed by atoms with Crippen LogP contribution in [0.2, 0.25) is 0 Å². The lowest BCUT2D eigenvalue weighted by molar-refractivity contribution is -0.117. The van der Waals surface area contributed by atoms with Crippen LogP contribution in [0.3, 0.4) is 0 Å². The second-order valence-electron chi connectivity index (χ2n) is 3.75. The first-order valence-corrected chi connectivity index (χ1v) is 6.19. The first kappa shape index (κ1) is 12.7. The third-order valence-corrected chi connectivity index (χ3v) is 2.91. The van der Waals surface area contributed by atoms with Gasteiger partial charge in [0.1, 0.15) is 10.6 Å². The largest absolute Gasteiger partial charge is 0.323 e. The summed E-state index contributed by atoms with van der Waals surface area (Å²) in [5.74, 6) is -0.259. The minimum atomic E-state index is -0.685. The maximum Gasteiger partial charge on any atom is 0.245 e. The number of halogens is 1. The average Bonchev–Trinajstić information content (AvgIpc) is 2.41. The molecule has 0 radical (unpaired) electrons. The zero-order valence-electron chi connectivity index (χ0n) is 9.51. The number of nitrogens with zero attached hydrogens (tertiary/aromatic N) is 1. The van der Waals surface area contributed by atoms with Gasteiger partial charge in [-0.25, -0.2) is 4.98 Å². The van der Waals surface area contributed by atoms with Gasteiger partial charge in [-0.1, -0.05) is 30.3 Å². The highest BCUT2D eigenvalue weighted by molar-refractivity contribution is 9.10. The number of anilines is 1. The Morgan fingerprint density at radius 3 is 2.56 bits per heavy atom. The molecule has 1 atom stereocenters. The normalized spacial score (nSPS) is 11.9. The number of amides is 1. The van der Waals surface area contributed by atoms with Crippen LogP contribution in [0.15, 0.2) is 53.3 Å². The Hall–Kier alpha value is -1.72. The van der Waals surface area contributed by atoms with Gasteiger partial charge in [0.05, 0.1) is 11.9 Å². The van der Waals surface area contributed by atoms with Gasteiger partial charge in [0.15, 0.2) is 0 Å². The van der Waals surface area contributed by atoms with Crippen molar-refractivity contribution in [2.45, 2.75) is 6.04 Å². The predicted molar refractivity (Wildman–Crippen MR) is 73.9 cm³/mol. The van der Waals surface area contributed by atoms with Crippen molar-refractivity contribution in [3.05, 3.63) is 58.8 Å². The third kappa shape index (κ3) is 3.15. The number of carbonyl (C=O) groups is 1. The lowest BCUT2D eigenvalue weighted by Crippen LogP contribution is -2.27. The fourth-order valence-electron chi connectivity index (χ4n) is 1.48. The number of rotatable bonds is 3. The summed E-state index contributed by atoms with van der Waals surface area (Å²) in [5.41, 5.74) is 7.27. The lowest BCUT2D eigenvalue weighted by Gasteiger charge is -2.12. The molecule has 2 aromatic rings. The van der Waals surface area contributed by atoms with Crippen molar-refractivity contribution >= 4 is 27.5 Å². The Bertz CT molecular complexity index is 528. The summed E-state index contributed by atoms with van der Waals surface area (Å²) in [5, 5.41) is 2.72. The molecule has 1 amide bonds. The summed E-state index contributed by atoms with van der Waals surface area (Å²) in [6, 6.07) is 12.1. The van der Waals surface area contributed by atoms with Crippen LogP contribution in [-0.2, 0) is 4.79 Å². The van der Waals surface area contributed by atoms with E-state index in [4.69, 9.17) is 5.73 Å². The Morgan fingerprint density at radius 2 is 1.94 bits per heavy atom. The number of carbonyl (C=O) groups excluding carboxylic acids is 1. The lowest BCUT2D eigenvalue weighted by atomic mass is 10.1. The summed E-state index contributed by atoms with van der Waals surface area (Å²) in [4.78, 5) is 15.9. The van der Waals surface area contributed by atoms with Crippen LogP contribution in [0.25, 0.3) is 0 Å². The molecule has 18 heavy (non-hydrogen) atoms. The summed E-state index contributed by atoms with van der Waals surface area (Å²) in [7, 11) is 0. The van der Waals surface area contributed by atoms with Crippen molar-refractivity contribution in [1.29, 1.82) is 0 Å². The second-order valence-corrected chi connectivity index (χ2v) is 4.56. The molecule has 1 heterocycles. The van der Waals surface area contributed by atoms with Crippen LogP contribution in [0.5, 0.6) is 0 Å². The molecule has 0 fully saturated rings. The number of aromatic nitrogens is 1. The van der Waals surface area contributed by atoms with E-state index in [1.165, 1.54) is 0 Å². The van der Waals surface area contributed by atoms with E-state index in [1.807, 2.05) is 30.3 Å². The topological polar surface area (TPSA) is 68.0 Å². The van der Waals surface area contributed by atoms with E-state index in [2.05, 4.69) is 26.2 Å². The fourth-order valence-corrected chi connectivity index (χ4v) is 1.72. The molecule has 0 aliphatic heterocycles. The molecule has 0 spiro atoms. The van der Waals surface area contributed by atoms with E-state index in [1.54, 1.807) is 18.3 Å². The van der Waals surface area contributed by atoms with Crippen LogP contribution < -0.4 is 11.1 Å². The monoisotopic (exact) mass is 305 g/mol. The number of hydrogen-bond donors (Lipinski definition) is 2. The van der Waals surface area contributed by atoms with Crippen LogP contribution in [0.4, 0.5) is 5.69 Å². The van der Waals surface area contributed by atoms with Crippen molar-refractivity contribution in [3.63, 3.8) is 0 Å². The van der Waals surface area contributed by atoms with E-state index in [-0.39, 0.29) is 5.91 Å². The number of pyridine rings is 1. The van der Waals surface area contributed by atoms with Crippen LogP contribution in [0.1, 0.15) is 11.6 Å². The number of nitrogens with two attached hydrogens (primary N) is 1. The standard InChI is InChI=1S/C13H12BrN3O/c14-11-7-6-10(8-16-11)17-13(18)12(15)9-4-2-1-3-5-9/h1-8,12H,15H2,(H,17,18)/t12-/m1/s1. The minimum Gasteiger partial charge on any atom is -0.323 e. The zero-order valence-corrected chi connectivity index (χ0v) is 11.1. The first-order chi connectivity index (χ1) is 8.66. The molecule has 1 aromatic heterocycles. The molecule has 2 rings (SSSR count). The zero-order chi connectivity index (χ0) is 13.0. The highest BCUT2D eigenvalue weighted by Crippen LogP contribution is 2.14. The van der Waals surface area contributed by atoms with Crippen LogP contribution >= 0.6 is 15.9 Å². The van der Waals surface area contributed by atoms with Crippen molar-refractivity contribution in [3.8, 4) is 0 Å². The Morgan fingerprint density at radius 1 is 1.22 bits per heavy atom. The third-order valence-electron chi connectivity index (χ3n) is 2.44. The molecule has 0 aliphatic carbocycles. The maximum absolute atomic E-state index is 11.9. The predicted octanol–water partition coefficient (Wildman–Crippen LogP) is 2.48. The highest BCUT2D eigenvalue weighted by atomic mass is 79.9. The molecule has 1 aromatic carbocycles. The van der Waals surface area contributed by atoms with Crippen LogP contribution in [0, 0.1) is 0 Å². The molecule has 0 saturated heterocycles. The molecule has 92 valence electrons. The van der Waals surface area contributed by atoms with Crippen molar-refractivity contribution < 1.29 is 4.79 Å². The van der Waals surface area contributed by atoms with Gasteiger partial charge in [0.2, 0.25) is 5.91 Å². The summed E-state index contributed by atoms with van der Waals surface area (Å²) in [6.45, 7) is 0. The molecule has 5 heteroatoms. The summed E-state index contributed by atoms with van der Waals surface area (Å²) >= 11 is 3.23. The second kappa shape index (κ2) is 5.75. The molecule has 0 bridgehead atoms. The first-order valence-electron chi connectivity index (χ1n) is 5.40. The maximum atomic E-state index is 11.9. The molecular formula is C13H12BrN3O. The van der Waals surface area contributed by atoms with Gasteiger partial charge in [-0.05, 0) is 33.6 Å². The number of hydrogen-bond acceptors (Lipinski definition) is 3. The van der Waals surface area contributed by atoms with Crippen molar-refractivity contribution in [2.75, 3.05) is 5.32 Å². The molecular weight excluding hydrogens is 294 g/mol. The van der Waals surface area contributed by atoms with E-state index in [9.17, 15) is 4.79 Å². The van der Waals surface area contributed by atoms with E-state index in [0.717, 1.165) is 5.56 Å². The fraction of sp³-hybridized carbons (Fsp3) is 0.0769. The van der Waals surface area contributed by atoms with Gasteiger partial charge in [0.25, 0.3) is 0 Å². The van der Waals surface area contributed by atoms with E-state index < -0.39 is 6.04 Å². The van der Waals surface area contributed by atoms with Crippen LogP contribution in [-0.4, -0.2) is 10.9 Å². The Labute approximate surface area is 113 Å². The Kier molecular flexibility index (Phi) is 4.07. The van der Waals surface area contributed by atoms with Gasteiger partial charge >= 0.3 is 0 Å². The molecule has 3 N–H and O–H groups in total. The van der Waals surface area contributed by atoms with E-state index >= 15 is 0 Å². The minimum absolute atomic E-state index is 0.259. The van der Waals surface area contributed by atoms with Gasteiger partial charge in [0, 0.05) is 0 Å². The van der Waals surface area contributed by atoms with Gasteiger partial charge in [-0.15, -0.1) is 0 Å².